The summed E-state index contributed by atoms with van der Waals surface area (Å²) in [6.45, 7) is 1.95. The van der Waals surface area contributed by atoms with Gasteiger partial charge in [0.05, 0.1) is 21.3 Å². The van der Waals surface area contributed by atoms with E-state index < -0.39 is 9.84 Å². The van der Waals surface area contributed by atoms with Crippen LogP contribution in [0.15, 0.2) is 46.7 Å². The molecule has 0 saturated heterocycles. The summed E-state index contributed by atoms with van der Waals surface area (Å²) < 4.78 is 24.0. The van der Waals surface area contributed by atoms with E-state index in [1.165, 1.54) is 17.4 Å². The molecule has 1 amide bonds. The summed E-state index contributed by atoms with van der Waals surface area (Å²) in [5.41, 5.74) is 0.717. The zero-order valence-electron chi connectivity index (χ0n) is 12.0. The number of amides is 1. The highest BCUT2D eigenvalue weighted by Crippen LogP contribution is 2.10. The maximum absolute atomic E-state index is 12.0. The Morgan fingerprint density at radius 3 is 2.68 bits per heavy atom. The molecule has 0 saturated carbocycles. The zero-order valence-corrected chi connectivity index (χ0v) is 13.7. The van der Waals surface area contributed by atoms with Crippen LogP contribution in [0, 0.1) is 6.92 Å². The number of sulfone groups is 1. The smallest absolute Gasteiger partial charge is 0.244 e. The lowest BCUT2D eigenvalue weighted by atomic mass is 10.4. The molecule has 0 unspecified atom stereocenters. The van der Waals surface area contributed by atoms with Gasteiger partial charge in [0.1, 0.15) is 0 Å². The molecule has 0 fully saturated rings. The molecule has 2 rings (SSSR count). The number of nitrogens with zero attached hydrogens (tertiary/aromatic N) is 1. The monoisotopic (exact) mass is 336 g/mol. The third-order valence-electron chi connectivity index (χ3n) is 2.81. The van der Waals surface area contributed by atoms with Crippen LogP contribution in [0.2, 0.25) is 0 Å². The van der Waals surface area contributed by atoms with Gasteiger partial charge in [-0.05, 0) is 25.1 Å². The quantitative estimate of drug-likeness (QED) is 0.819. The fourth-order valence-corrected chi connectivity index (χ4v) is 3.49. The number of rotatable bonds is 6. The summed E-state index contributed by atoms with van der Waals surface area (Å²) in [5.74, 6) is -0.472. The Kier molecular flexibility index (Phi) is 5.46. The highest BCUT2D eigenvalue weighted by atomic mass is 32.2. The molecule has 0 radical (unpaired) electrons. The Labute approximate surface area is 133 Å². The van der Waals surface area contributed by atoms with Crippen molar-refractivity contribution < 1.29 is 13.2 Å². The molecule has 1 aromatic heterocycles. The van der Waals surface area contributed by atoms with Crippen molar-refractivity contribution in [1.82, 2.24) is 10.3 Å². The van der Waals surface area contributed by atoms with Crippen molar-refractivity contribution in [3.63, 3.8) is 0 Å². The summed E-state index contributed by atoms with van der Waals surface area (Å²) >= 11 is 1.50. The number of hydrogen-bond acceptors (Lipinski definition) is 5. The Hall–Kier alpha value is -1.99. The highest BCUT2D eigenvalue weighted by Gasteiger charge is 2.13. The van der Waals surface area contributed by atoms with Gasteiger partial charge in [-0.25, -0.2) is 13.4 Å². The summed E-state index contributed by atoms with van der Waals surface area (Å²) in [5, 5.41) is 5.33. The minimum absolute atomic E-state index is 0.0660. The van der Waals surface area contributed by atoms with E-state index in [9.17, 15) is 13.2 Å². The number of thiazole rings is 1. The number of carbonyl (C=O) groups excluding carboxylic acids is 1. The summed E-state index contributed by atoms with van der Waals surface area (Å²) in [4.78, 5) is 16.1. The van der Waals surface area contributed by atoms with Crippen LogP contribution in [0.5, 0.6) is 0 Å². The van der Waals surface area contributed by atoms with Gasteiger partial charge in [-0.2, -0.15) is 0 Å². The number of nitrogens with one attached hydrogen (secondary N) is 1. The Morgan fingerprint density at radius 1 is 1.32 bits per heavy atom. The van der Waals surface area contributed by atoms with Crippen LogP contribution < -0.4 is 5.32 Å². The van der Waals surface area contributed by atoms with Gasteiger partial charge in [0, 0.05) is 18.0 Å². The van der Waals surface area contributed by atoms with Crippen LogP contribution in [0.1, 0.15) is 10.7 Å². The molecule has 0 atom stereocenters. The molecular formula is C15H16N2O3S2. The van der Waals surface area contributed by atoms with E-state index in [1.54, 1.807) is 36.4 Å². The Balaban J connectivity index is 1.83. The largest absolute Gasteiger partial charge is 0.352 e. The molecule has 116 valence electrons. The predicted octanol–water partition coefficient (Wildman–Crippen LogP) is 2.05. The number of hydrogen-bond donors (Lipinski definition) is 1. The average Bonchev–Trinajstić information content (AvgIpc) is 2.91. The maximum atomic E-state index is 12.0. The fraction of sp³-hybridized carbons (Fsp3) is 0.200. The topological polar surface area (TPSA) is 76.1 Å². The van der Waals surface area contributed by atoms with Crippen LogP contribution in [-0.2, 0) is 14.6 Å². The van der Waals surface area contributed by atoms with E-state index in [0.717, 1.165) is 10.7 Å². The molecule has 0 spiro atoms. The summed E-state index contributed by atoms with van der Waals surface area (Å²) in [6.07, 6.45) is 2.95. The lowest BCUT2D eigenvalue weighted by molar-refractivity contribution is -0.116. The minimum atomic E-state index is -3.37. The van der Waals surface area contributed by atoms with Crippen molar-refractivity contribution >= 4 is 33.2 Å². The van der Waals surface area contributed by atoms with Gasteiger partial charge in [-0.1, -0.05) is 18.2 Å². The van der Waals surface area contributed by atoms with Crippen LogP contribution in [-0.4, -0.2) is 31.6 Å². The van der Waals surface area contributed by atoms with Crippen LogP contribution in [0.25, 0.3) is 6.08 Å². The molecule has 2 aromatic rings. The first kappa shape index (κ1) is 16.4. The highest BCUT2D eigenvalue weighted by molar-refractivity contribution is 7.91. The first-order chi connectivity index (χ1) is 10.5. The third kappa shape index (κ3) is 4.78. The van der Waals surface area contributed by atoms with Crippen molar-refractivity contribution in [3.05, 3.63) is 52.5 Å². The second kappa shape index (κ2) is 7.33. The van der Waals surface area contributed by atoms with Gasteiger partial charge in [0.25, 0.3) is 0 Å². The molecule has 0 aliphatic heterocycles. The summed E-state index contributed by atoms with van der Waals surface area (Å²) in [6, 6.07) is 8.18. The van der Waals surface area contributed by atoms with Crippen LogP contribution in [0.4, 0.5) is 0 Å². The van der Waals surface area contributed by atoms with Gasteiger partial charge >= 0.3 is 0 Å². The molecular weight excluding hydrogens is 320 g/mol. The normalized spacial score (nSPS) is 11.7. The van der Waals surface area contributed by atoms with E-state index in [2.05, 4.69) is 10.3 Å². The van der Waals surface area contributed by atoms with Crippen molar-refractivity contribution in [2.24, 2.45) is 0 Å². The second-order valence-corrected chi connectivity index (χ2v) is 7.72. The maximum Gasteiger partial charge on any atom is 0.244 e. The van der Waals surface area contributed by atoms with Crippen molar-refractivity contribution in [2.75, 3.05) is 12.3 Å². The molecule has 0 bridgehead atoms. The second-order valence-electron chi connectivity index (χ2n) is 4.55. The number of aromatic nitrogens is 1. The first-order valence-electron chi connectivity index (χ1n) is 6.63. The van der Waals surface area contributed by atoms with Gasteiger partial charge in [0.2, 0.25) is 5.91 Å². The molecule has 1 aromatic carbocycles. The molecule has 22 heavy (non-hydrogen) atoms. The van der Waals surface area contributed by atoms with Gasteiger partial charge in [0.15, 0.2) is 9.84 Å². The summed E-state index contributed by atoms with van der Waals surface area (Å²) in [7, 11) is -3.37. The van der Waals surface area contributed by atoms with Crippen molar-refractivity contribution in [3.8, 4) is 0 Å². The molecule has 0 aliphatic carbocycles. The Bertz CT molecular complexity index is 765. The SMILES string of the molecule is Cc1nc(C=CC(=O)NCCS(=O)(=O)c2ccccc2)cs1. The van der Waals surface area contributed by atoms with Crippen LogP contribution >= 0.6 is 11.3 Å². The Morgan fingerprint density at radius 2 is 2.05 bits per heavy atom. The fourth-order valence-electron chi connectivity index (χ4n) is 1.73. The lowest BCUT2D eigenvalue weighted by Crippen LogP contribution is -2.27. The van der Waals surface area contributed by atoms with Gasteiger partial charge in [-0.15, -0.1) is 11.3 Å². The standard InChI is InChI=1S/C15H16N2O3S2/c1-12-17-13(11-21-12)7-8-15(18)16-9-10-22(19,20)14-5-3-2-4-6-14/h2-8,11H,9-10H2,1H3,(H,16,18). The molecule has 0 aliphatic rings. The predicted molar refractivity (Wildman–Crippen MR) is 87.4 cm³/mol. The molecule has 1 heterocycles. The lowest BCUT2D eigenvalue weighted by Gasteiger charge is -2.04. The first-order valence-corrected chi connectivity index (χ1v) is 9.16. The average molecular weight is 336 g/mol. The number of carbonyl (C=O) groups is 1. The van der Waals surface area contributed by atoms with E-state index in [1.807, 2.05) is 12.3 Å². The van der Waals surface area contributed by atoms with E-state index in [-0.39, 0.29) is 23.1 Å². The zero-order chi connectivity index (χ0) is 16.0. The molecule has 7 heteroatoms. The van der Waals surface area contributed by atoms with E-state index >= 15 is 0 Å². The van der Waals surface area contributed by atoms with Gasteiger partial charge in [-0.3, -0.25) is 4.79 Å². The van der Waals surface area contributed by atoms with Gasteiger partial charge < -0.3 is 5.32 Å². The minimum Gasteiger partial charge on any atom is -0.352 e. The van der Waals surface area contributed by atoms with E-state index in [4.69, 9.17) is 0 Å². The van der Waals surface area contributed by atoms with Crippen molar-refractivity contribution in [1.29, 1.82) is 0 Å². The third-order valence-corrected chi connectivity index (χ3v) is 5.34. The number of benzene rings is 1. The van der Waals surface area contributed by atoms with Crippen LogP contribution in [0.3, 0.4) is 0 Å². The molecule has 5 nitrogen and oxygen atoms in total. The molecule has 1 N–H and O–H groups in total. The van der Waals surface area contributed by atoms with E-state index in [0.29, 0.717) is 0 Å². The number of aryl methyl sites for hydroxylation is 1. The van der Waals surface area contributed by atoms with Crippen molar-refractivity contribution in [2.45, 2.75) is 11.8 Å².